The van der Waals surface area contributed by atoms with Crippen LogP contribution in [0.4, 0.5) is 10.2 Å². The number of piperazine rings is 1. The molecule has 2 aromatic carbocycles. The van der Waals surface area contributed by atoms with Crippen LogP contribution in [0, 0.1) is 5.82 Å². The van der Waals surface area contributed by atoms with E-state index in [0.717, 1.165) is 11.1 Å². The maximum absolute atomic E-state index is 14.4. The Morgan fingerprint density at radius 2 is 1.90 bits per heavy atom. The Labute approximate surface area is 241 Å². The standard InChI is InChI=1S/C28H28Cl2FN7O2/c1-40-24-7-4-20(12-23(24)31)16-36-10-11-37(26-14-25(30)34-28(35-26)38-9-8-32-18-38)17-22(36)13-27(39)33-15-19-2-5-21(29)6-3-19/h2-9,12,14,18,22H,10-11,13,15-17H2,1H3,(H,33,39). The molecule has 0 saturated carbocycles. The lowest BCUT2D eigenvalue weighted by atomic mass is 10.1. The van der Waals surface area contributed by atoms with Gasteiger partial charge in [0.1, 0.15) is 17.3 Å². The molecule has 1 atom stereocenters. The third-order valence-electron chi connectivity index (χ3n) is 6.76. The number of nitrogens with one attached hydrogen (secondary N) is 1. The van der Waals surface area contributed by atoms with E-state index in [2.05, 4.69) is 25.1 Å². The van der Waals surface area contributed by atoms with E-state index in [1.54, 1.807) is 47.6 Å². The molecule has 1 aliphatic heterocycles. The number of anilines is 1. The van der Waals surface area contributed by atoms with Gasteiger partial charge in [0.25, 0.3) is 0 Å². The molecule has 1 saturated heterocycles. The lowest BCUT2D eigenvalue weighted by molar-refractivity contribution is -0.122. The molecule has 1 N–H and O–H groups in total. The molecule has 208 valence electrons. The summed E-state index contributed by atoms with van der Waals surface area (Å²) in [6, 6.07) is 13.8. The van der Waals surface area contributed by atoms with Crippen molar-refractivity contribution in [2.24, 2.45) is 0 Å². The first kappa shape index (κ1) is 27.8. The second-order valence-electron chi connectivity index (χ2n) is 9.47. The van der Waals surface area contributed by atoms with Gasteiger partial charge in [-0.25, -0.2) is 14.4 Å². The van der Waals surface area contributed by atoms with Crippen LogP contribution in [0.1, 0.15) is 17.5 Å². The number of hydrogen-bond donors (Lipinski definition) is 1. The number of benzene rings is 2. The van der Waals surface area contributed by atoms with E-state index in [9.17, 15) is 9.18 Å². The van der Waals surface area contributed by atoms with Crippen LogP contribution in [0.2, 0.25) is 10.2 Å². The highest BCUT2D eigenvalue weighted by Crippen LogP contribution is 2.25. The number of methoxy groups -OCH3 is 1. The Bertz CT molecular complexity index is 1450. The summed E-state index contributed by atoms with van der Waals surface area (Å²) < 4.78 is 21.2. The third-order valence-corrected chi connectivity index (χ3v) is 7.20. The second kappa shape index (κ2) is 12.6. The van der Waals surface area contributed by atoms with E-state index >= 15 is 0 Å². The molecule has 40 heavy (non-hydrogen) atoms. The van der Waals surface area contributed by atoms with E-state index in [4.69, 9.17) is 32.9 Å². The molecule has 0 bridgehead atoms. The molecule has 9 nitrogen and oxygen atoms in total. The van der Waals surface area contributed by atoms with Crippen molar-refractivity contribution in [3.05, 3.63) is 94.4 Å². The van der Waals surface area contributed by atoms with Gasteiger partial charge < -0.3 is 15.0 Å². The van der Waals surface area contributed by atoms with Gasteiger partial charge in [-0.1, -0.05) is 41.4 Å². The van der Waals surface area contributed by atoms with Crippen LogP contribution in [0.5, 0.6) is 5.75 Å². The van der Waals surface area contributed by atoms with Crippen LogP contribution in [0.25, 0.3) is 5.95 Å². The van der Waals surface area contributed by atoms with E-state index < -0.39 is 5.82 Å². The number of hydrogen-bond acceptors (Lipinski definition) is 7. The largest absolute Gasteiger partial charge is 0.494 e. The molecule has 1 amide bonds. The average Bonchev–Trinajstić information content (AvgIpc) is 3.49. The summed E-state index contributed by atoms with van der Waals surface area (Å²) in [4.78, 5) is 30.4. The number of halogens is 3. The van der Waals surface area contributed by atoms with Crippen molar-refractivity contribution in [1.29, 1.82) is 0 Å². The van der Waals surface area contributed by atoms with Crippen LogP contribution >= 0.6 is 23.2 Å². The highest BCUT2D eigenvalue weighted by atomic mass is 35.5. The van der Waals surface area contributed by atoms with Crippen molar-refractivity contribution in [2.45, 2.75) is 25.6 Å². The van der Waals surface area contributed by atoms with Gasteiger partial charge in [-0.3, -0.25) is 14.3 Å². The Balaban J connectivity index is 1.33. The molecule has 4 aromatic rings. The van der Waals surface area contributed by atoms with Gasteiger partial charge in [-0.15, -0.1) is 0 Å². The van der Waals surface area contributed by atoms with Crippen LogP contribution in [0.15, 0.2) is 67.3 Å². The first-order chi connectivity index (χ1) is 19.4. The zero-order valence-electron chi connectivity index (χ0n) is 21.8. The second-order valence-corrected chi connectivity index (χ2v) is 10.3. The fourth-order valence-corrected chi connectivity index (χ4v) is 4.98. The summed E-state index contributed by atoms with van der Waals surface area (Å²) in [5.74, 6) is 0.755. The summed E-state index contributed by atoms with van der Waals surface area (Å²) in [7, 11) is 1.44. The molecular weight excluding hydrogens is 556 g/mol. The van der Waals surface area contributed by atoms with Gasteiger partial charge in [-0.2, -0.15) is 4.98 Å². The van der Waals surface area contributed by atoms with Gasteiger partial charge in [-0.05, 0) is 35.4 Å². The van der Waals surface area contributed by atoms with Crippen molar-refractivity contribution >= 4 is 34.9 Å². The van der Waals surface area contributed by atoms with Gasteiger partial charge in [0.2, 0.25) is 11.9 Å². The van der Waals surface area contributed by atoms with Crippen LogP contribution < -0.4 is 15.0 Å². The maximum atomic E-state index is 14.4. The molecule has 2 aromatic heterocycles. The van der Waals surface area contributed by atoms with Crippen molar-refractivity contribution < 1.29 is 13.9 Å². The first-order valence-electron chi connectivity index (χ1n) is 12.7. The highest BCUT2D eigenvalue weighted by molar-refractivity contribution is 6.30. The Morgan fingerprint density at radius 3 is 2.62 bits per heavy atom. The molecule has 3 heterocycles. The van der Waals surface area contributed by atoms with Gasteiger partial charge in [0.05, 0.1) is 7.11 Å². The fourth-order valence-electron chi connectivity index (χ4n) is 4.68. The van der Waals surface area contributed by atoms with E-state index in [-0.39, 0.29) is 24.1 Å². The van der Waals surface area contributed by atoms with Crippen molar-refractivity contribution in [1.82, 2.24) is 29.7 Å². The number of aromatic nitrogens is 4. The van der Waals surface area contributed by atoms with Gasteiger partial charge in [0, 0.05) is 68.7 Å². The molecule has 5 rings (SSSR count). The molecule has 0 aliphatic carbocycles. The highest BCUT2D eigenvalue weighted by Gasteiger charge is 2.30. The summed E-state index contributed by atoms with van der Waals surface area (Å²) >= 11 is 12.3. The first-order valence-corrected chi connectivity index (χ1v) is 13.5. The van der Waals surface area contributed by atoms with Crippen molar-refractivity contribution in [2.75, 3.05) is 31.6 Å². The predicted molar refractivity (Wildman–Crippen MR) is 151 cm³/mol. The van der Waals surface area contributed by atoms with E-state index in [1.165, 1.54) is 13.2 Å². The number of carbonyl (C=O) groups is 1. The van der Waals surface area contributed by atoms with Crippen LogP contribution in [0.3, 0.4) is 0 Å². The number of amides is 1. The lowest BCUT2D eigenvalue weighted by Crippen LogP contribution is -2.54. The Kier molecular flexibility index (Phi) is 8.78. The molecule has 1 unspecified atom stereocenters. The van der Waals surface area contributed by atoms with E-state index in [1.807, 2.05) is 18.2 Å². The molecule has 0 radical (unpaired) electrons. The minimum atomic E-state index is -0.418. The zero-order valence-corrected chi connectivity index (χ0v) is 23.3. The minimum Gasteiger partial charge on any atom is -0.494 e. The number of imidazole rings is 1. The molecular formula is C28H28Cl2FN7O2. The monoisotopic (exact) mass is 583 g/mol. The maximum Gasteiger partial charge on any atom is 0.238 e. The number of carbonyl (C=O) groups excluding carboxylic acids is 1. The van der Waals surface area contributed by atoms with E-state index in [0.29, 0.717) is 54.7 Å². The summed E-state index contributed by atoms with van der Waals surface area (Å²) in [5.41, 5.74) is 1.75. The van der Waals surface area contributed by atoms with Crippen molar-refractivity contribution in [3.63, 3.8) is 0 Å². The normalized spacial score (nSPS) is 15.7. The third kappa shape index (κ3) is 6.88. The Morgan fingerprint density at radius 1 is 1.10 bits per heavy atom. The number of rotatable bonds is 9. The van der Waals surface area contributed by atoms with Crippen LogP contribution in [-0.4, -0.2) is 63.1 Å². The summed E-state index contributed by atoms with van der Waals surface area (Å²) in [6.45, 7) is 2.66. The zero-order chi connectivity index (χ0) is 28.1. The predicted octanol–water partition coefficient (Wildman–Crippen LogP) is 4.51. The lowest BCUT2D eigenvalue weighted by Gasteiger charge is -2.42. The number of nitrogens with zero attached hydrogens (tertiary/aromatic N) is 6. The quantitative estimate of drug-likeness (QED) is 0.290. The average molecular weight is 584 g/mol. The van der Waals surface area contributed by atoms with Gasteiger partial charge >= 0.3 is 0 Å². The smallest absolute Gasteiger partial charge is 0.238 e. The van der Waals surface area contributed by atoms with Gasteiger partial charge in [0.15, 0.2) is 11.6 Å². The summed E-state index contributed by atoms with van der Waals surface area (Å²) in [5, 5.41) is 3.96. The minimum absolute atomic E-state index is 0.0902. The molecule has 0 spiro atoms. The molecule has 1 fully saturated rings. The SMILES string of the molecule is COc1ccc(CN2CCN(c3cc(Cl)nc(-n4ccnc4)n3)CC2CC(=O)NCc2ccc(Cl)cc2)cc1F. The molecule has 12 heteroatoms. The van der Waals surface area contributed by atoms with Crippen molar-refractivity contribution in [3.8, 4) is 11.7 Å². The molecule has 1 aliphatic rings. The Hall–Kier alpha value is -3.73. The topological polar surface area (TPSA) is 88.4 Å². The fraction of sp³-hybridized carbons (Fsp3) is 0.286. The van der Waals surface area contributed by atoms with Crippen LogP contribution in [-0.2, 0) is 17.9 Å². The summed E-state index contributed by atoms with van der Waals surface area (Å²) in [6.07, 6.45) is 5.24. The number of ether oxygens (including phenoxy) is 1.